The van der Waals surface area contributed by atoms with Crippen LogP contribution in [0.2, 0.25) is 0 Å². The van der Waals surface area contributed by atoms with Gasteiger partial charge in [-0.3, -0.25) is 14.9 Å². The van der Waals surface area contributed by atoms with Gasteiger partial charge in [0.05, 0.1) is 5.75 Å². The molecule has 0 fully saturated rings. The molecule has 0 amide bonds. The number of nitrogen functional groups attached to an aromatic ring is 1. The van der Waals surface area contributed by atoms with Gasteiger partial charge < -0.3 is 10.3 Å². The largest absolute Gasteiger partial charge is 0.384 e. The minimum atomic E-state index is -3.72. The quantitative estimate of drug-likeness (QED) is 0.264. The lowest BCUT2D eigenvalue weighted by Gasteiger charge is -2.12. The van der Waals surface area contributed by atoms with Gasteiger partial charge in [-0.1, -0.05) is 66.7 Å². The van der Waals surface area contributed by atoms with E-state index >= 15 is 0 Å². The van der Waals surface area contributed by atoms with Crippen molar-refractivity contribution in [3.8, 4) is 0 Å². The highest BCUT2D eigenvalue weighted by molar-refractivity contribution is 7.91. The van der Waals surface area contributed by atoms with Gasteiger partial charge in [0.2, 0.25) is 10.0 Å². The molecule has 2 aromatic carbocycles. The first-order chi connectivity index (χ1) is 15.2. The predicted molar refractivity (Wildman–Crippen MR) is 128 cm³/mol. The zero-order valence-electron chi connectivity index (χ0n) is 17.8. The molecule has 32 heavy (non-hydrogen) atoms. The van der Waals surface area contributed by atoms with Gasteiger partial charge in [-0.05, 0) is 36.6 Å². The normalized spacial score (nSPS) is 11.5. The second-order valence-electron chi connectivity index (χ2n) is 7.44. The van der Waals surface area contributed by atoms with E-state index in [2.05, 4.69) is 4.72 Å². The Bertz CT molecular complexity index is 1280. The zero-order chi connectivity index (χ0) is 23.1. The molecule has 0 saturated heterocycles. The number of aryl methyl sites for hydroxylation is 1. The number of nitrogens with zero attached hydrogens (tertiary/aromatic N) is 1. The van der Waals surface area contributed by atoms with Crippen LogP contribution in [0.5, 0.6) is 0 Å². The van der Waals surface area contributed by atoms with Crippen LogP contribution in [0, 0.1) is 12.3 Å². The summed E-state index contributed by atoms with van der Waals surface area (Å²) in [7, 11) is -3.72. The number of anilines is 1. The van der Waals surface area contributed by atoms with E-state index in [0.29, 0.717) is 24.1 Å². The van der Waals surface area contributed by atoms with Crippen molar-refractivity contribution in [3.05, 3.63) is 112 Å². The average Bonchev–Trinajstić information content (AvgIpc) is 2.76. The second kappa shape index (κ2) is 10.1. The molecule has 0 radical (unpaired) electrons. The molecule has 0 aliphatic heterocycles. The van der Waals surface area contributed by atoms with Gasteiger partial charge >= 0.3 is 0 Å². The highest BCUT2D eigenvalue weighted by Crippen LogP contribution is 2.11. The first-order valence-corrected chi connectivity index (χ1v) is 11.7. The molecule has 3 aromatic rings. The minimum absolute atomic E-state index is 0.0275. The maximum Gasteiger partial charge on any atom is 0.275 e. The van der Waals surface area contributed by atoms with Gasteiger partial charge in [0.15, 0.2) is 0 Å². The number of amidine groups is 1. The standard InChI is InChI=1S/C24H26N4O3S/c1-18-10-15-22(27-32(30,31)17-20-8-3-2-4-9-20)24(29)28(18)16-6-5-7-19-11-13-21(14-12-19)23(25)26/h2-6,8-15,27H,7,16-17H2,1H3,(H3,25,26)/b6-5+. The molecule has 4 N–H and O–H groups in total. The number of hydrogen-bond acceptors (Lipinski definition) is 4. The minimum Gasteiger partial charge on any atom is -0.384 e. The highest BCUT2D eigenvalue weighted by atomic mass is 32.2. The molecule has 8 heteroatoms. The Balaban J connectivity index is 1.68. The summed E-state index contributed by atoms with van der Waals surface area (Å²) in [6, 6.07) is 19.4. The van der Waals surface area contributed by atoms with Crippen molar-refractivity contribution in [2.45, 2.75) is 25.6 Å². The van der Waals surface area contributed by atoms with Crippen LogP contribution in [-0.4, -0.2) is 18.8 Å². The monoisotopic (exact) mass is 450 g/mol. The van der Waals surface area contributed by atoms with Crippen LogP contribution in [0.15, 0.2) is 83.7 Å². The van der Waals surface area contributed by atoms with E-state index in [-0.39, 0.29) is 17.3 Å². The Morgan fingerprint density at radius 1 is 1.00 bits per heavy atom. The van der Waals surface area contributed by atoms with Crippen molar-refractivity contribution in [1.29, 1.82) is 5.41 Å². The summed E-state index contributed by atoms with van der Waals surface area (Å²) in [5.74, 6) is -0.176. The molecule has 0 atom stereocenters. The van der Waals surface area contributed by atoms with E-state index in [1.807, 2.05) is 30.4 Å². The zero-order valence-corrected chi connectivity index (χ0v) is 18.6. The van der Waals surface area contributed by atoms with Gasteiger partial charge in [-0.25, -0.2) is 8.42 Å². The van der Waals surface area contributed by atoms with E-state index in [1.165, 1.54) is 10.6 Å². The molecular formula is C24H26N4O3S. The third kappa shape index (κ3) is 6.18. The number of nitrogens with one attached hydrogen (secondary N) is 2. The lowest BCUT2D eigenvalue weighted by Crippen LogP contribution is -2.27. The first kappa shape index (κ1) is 23.0. The number of pyridine rings is 1. The topological polar surface area (TPSA) is 118 Å². The van der Waals surface area contributed by atoms with Gasteiger partial charge in [-0.15, -0.1) is 0 Å². The SMILES string of the molecule is Cc1ccc(NS(=O)(=O)Cc2ccccc2)c(=O)n1C/C=C/Cc1ccc(C(=N)N)cc1. The smallest absolute Gasteiger partial charge is 0.275 e. The third-order valence-electron chi connectivity index (χ3n) is 4.93. The lowest BCUT2D eigenvalue weighted by molar-refractivity contribution is 0.600. The Labute approximate surface area is 187 Å². The Morgan fingerprint density at radius 2 is 1.69 bits per heavy atom. The molecule has 3 rings (SSSR count). The van der Waals surface area contributed by atoms with Crippen molar-refractivity contribution in [3.63, 3.8) is 0 Å². The van der Waals surface area contributed by atoms with Crippen molar-refractivity contribution < 1.29 is 8.42 Å². The number of aromatic nitrogens is 1. The molecule has 0 spiro atoms. The van der Waals surface area contributed by atoms with Crippen LogP contribution in [0.1, 0.15) is 22.4 Å². The highest BCUT2D eigenvalue weighted by Gasteiger charge is 2.15. The van der Waals surface area contributed by atoms with Crippen LogP contribution < -0.4 is 16.0 Å². The van der Waals surface area contributed by atoms with Crippen molar-refractivity contribution in [1.82, 2.24) is 4.57 Å². The summed E-state index contributed by atoms with van der Waals surface area (Å²) in [4.78, 5) is 12.9. The third-order valence-corrected chi connectivity index (χ3v) is 6.17. The van der Waals surface area contributed by atoms with E-state index < -0.39 is 15.6 Å². The fourth-order valence-electron chi connectivity index (χ4n) is 3.19. The second-order valence-corrected chi connectivity index (χ2v) is 9.16. The van der Waals surface area contributed by atoms with Crippen LogP contribution in [0.3, 0.4) is 0 Å². The Hall–Kier alpha value is -3.65. The summed E-state index contributed by atoms with van der Waals surface area (Å²) in [6.07, 6.45) is 4.48. The summed E-state index contributed by atoms with van der Waals surface area (Å²) < 4.78 is 29.0. The van der Waals surface area contributed by atoms with Gasteiger partial charge in [0.25, 0.3) is 5.56 Å². The van der Waals surface area contributed by atoms with Gasteiger partial charge in [-0.2, -0.15) is 0 Å². The van der Waals surface area contributed by atoms with Crippen LogP contribution in [-0.2, 0) is 28.7 Å². The maximum atomic E-state index is 12.9. The molecule has 0 aliphatic carbocycles. The molecule has 1 heterocycles. The maximum absolute atomic E-state index is 12.9. The molecule has 0 unspecified atom stereocenters. The predicted octanol–water partition coefficient (Wildman–Crippen LogP) is 3.18. The number of allylic oxidation sites excluding steroid dienone is 2. The summed E-state index contributed by atoms with van der Waals surface area (Å²) in [5.41, 5.74) is 8.20. The van der Waals surface area contributed by atoms with Crippen LogP contribution in [0.4, 0.5) is 5.69 Å². The Morgan fingerprint density at radius 3 is 2.34 bits per heavy atom. The fraction of sp³-hybridized carbons (Fsp3) is 0.167. The molecular weight excluding hydrogens is 424 g/mol. The van der Waals surface area contributed by atoms with Crippen molar-refractivity contribution >= 4 is 21.5 Å². The van der Waals surface area contributed by atoms with E-state index in [4.69, 9.17) is 11.1 Å². The first-order valence-electron chi connectivity index (χ1n) is 10.1. The van der Waals surface area contributed by atoms with Gasteiger partial charge in [0, 0.05) is 17.8 Å². The molecule has 166 valence electrons. The van der Waals surface area contributed by atoms with E-state index in [0.717, 1.165) is 11.3 Å². The van der Waals surface area contributed by atoms with E-state index in [1.54, 1.807) is 49.4 Å². The summed E-state index contributed by atoms with van der Waals surface area (Å²) >= 11 is 0. The van der Waals surface area contributed by atoms with Crippen LogP contribution in [0.25, 0.3) is 0 Å². The number of rotatable bonds is 9. The van der Waals surface area contributed by atoms with Crippen molar-refractivity contribution in [2.24, 2.45) is 5.73 Å². The number of sulfonamides is 1. The average molecular weight is 451 g/mol. The molecule has 0 bridgehead atoms. The number of hydrogen-bond donors (Lipinski definition) is 3. The molecule has 0 aliphatic rings. The summed E-state index contributed by atoms with van der Waals surface area (Å²) in [5, 5.41) is 7.43. The molecule has 0 saturated carbocycles. The molecule has 7 nitrogen and oxygen atoms in total. The van der Waals surface area contributed by atoms with E-state index in [9.17, 15) is 13.2 Å². The summed E-state index contributed by atoms with van der Waals surface area (Å²) in [6.45, 7) is 2.13. The lowest BCUT2D eigenvalue weighted by atomic mass is 10.1. The fourth-order valence-corrected chi connectivity index (χ4v) is 4.39. The number of benzene rings is 2. The Kier molecular flexibility index (Phi) is 7.27. The molecule has 1 aromatic heterocycles. The van der Waals surface area contributed by atoms with Crippen LogP contribution >= 0.6 is 0 Å². The number of nitrogens with two attached hydrogens (primary N) is 1. The van der Waals surface area contributed by atoms with Gasteiger partial charge in [0.1, 0.15) is 11.5 Å². The van der Waals surface area contributed by atoms with Crippen molar-refractivity contribution in [2.75, 3.05) is 4.72 Å².